The van der Waals surface area contributed by atoms with Crippen molar-refractivity contribution in [3.63, 3.8) is 0 Å². The molecule has 0 aromatic heterocycles. The Balaban J connectivity index is 2.57. The van der Waals surface area contributed by atoms with Crippen LogP contribution in [-0.2, 0) is 4.79 Å². The predicted octanol–water partition coefficient (Wildman–Crippen LogP) is 6.45. The van der Waals surface area contributed by atoms with Gasteiger partial charge in [0, 0.05) is 12.1 Å². The van der Waals surface area contributed by atoms with E-state index >= 15 is 0 Å². The summed E-state index contributed by atoms with van der Waals surface area (Å²) in [5.41, 5.74) is 0.604. The van der Waals surface area contributed by atoms with E-state index in [-0.39, 0.29) is 11.0 Å². The van der Waals surface area contributed by atoms with Crippen molar-refractivity contribution in [2.75, 3.05) is 5.32 Å². The Bertz CT molecular complexity index is 639. The molecule has 1 atom stereocenters. The van der Waals surface area contributed by atoms with Crippen molar-refractivity contribution in [2.45, 2.75) is 55.4 Å². The maximum atomic E-state index is 12.1. The van der Waals surface area contributed by atoms with Crippen LogP contribution in [0.15, 0.2) is 18.2 Å². The maximum absolute atomic E-state index is 12.1. The molecule has 3 N–H and O–H groups in total. The monoisotopic (exact) mass is 491 g/mol. The van der Waals surface area contributed by atoms with Crippen LogP contribution in [0.25, 0.3) is 0 Å². The quantitative estimate of drug-likeness (QED) is 0.160. The average molecular weight is 494 g/mol. The van der Waals surface area contributed by atoms with E-state index in [1.165, 1.54) is 0 Å². The molecule has 10 heteroatoms. The lowest BCUT2D eigenvalue weighted by Gasteiger charge is -2.27. The fourth-order valence-corrected chi connectivity index (χ4v) is 3.06. The van der Waals surface area contributed by atoms with E-state index < -0.39 is 9.96 Å². The van der Waals surface area contributed by atoms with E-state index in [0.29, 0.717) is 22.2 Å². The van der Waals surface area contributed by atoms with Crippen molar-refractivity contribution in [1.82, 2.24) is 10.6 Å². The van der Waals surface area contributed by atoms with Crippen molar-refractivity contribution < 1.29 is 4.79 Å². The molecule has 0 fully saturated rings. The Morgan fingerprint density at radius 3 is 2.33 bits per heavy atom. The first-order chi connectivity index (χ1) is 12.6. The van der Waals surface area contributed by atoms with Gasteiger partial charge in [-0.05, 0) is 36.8 Å². The zero-order valence-corrected chi connectivity index (χ0v) is 19.4. The van der Waals surface area contributed by atoms with Crippen LogP contribution < -0.4 is 16.0 Å². The fraction of sp³-hybridized carbons (Fsp3) is 0.529. The van der Waals surface area contributed by atoms with Crippen LogP contribution >= 0.6 is 70.2 Å². The number of thiocarbonyl (C=S) groups is 1. The van der Waals surface area contributed by atoms with Crippen LogP contribution in [0, 0.1) is 0 Å². The second kappa shape index (κ2) is 12.4. The van der Waals surface area contributed by atoms with Gasteiger partial charge in [0.05, 0.1) is 10.0 Å². The lowest BCUT2D eigenvalue weighted by molar-refractivity contribution is -0.122. The fourth-order valence-electron chi connectivity index (χ4n) is 2.19. The van der Waals surface area contributed by atoms with Crippen molar-refractivity contribution in [3.8, 4) is 0 Å². The largest absolute Gasteiger partial charge is 0.339 e. The van der Waals surface area contributed by atoms with Gasteiger partial charge in [-0.2, -0.15) is 0 Å². The minimum Gasteiger partial charge on any atom is -0.339 e. The van der Waals surface area contributed by atoms with Crippen molar-refractivity contribution in [3.05, 3.63) is 28.2 Å². The lowest BCUT2D eigenvalue weighted by Crippen LogP contribution is -2.56. The molecule has 4 nitrogen and oxygen atoms in total. The molecule has 1 aromatic carbocycles. The van der Waals surface area contributed by atoms with Crippen LogP contribution in [0.5, 0.6) is 0 Å². The highest BCUT2D eigenvalue weighted by atomic mass is 35.6. The van der Waals surface area contributed by atoms with Gasteiger partial charge in [-0.3, -0.25) is 4.79 Å². The highest BCUT2D eigenvalue weighted by Gasteiger charge is 2.34. The summed E-state index contributed by atoms with van der Waals surface area (Å²) < 4.78 is -1.79. The molecule has 0 aliphatic carbocycles. The van der Waals surface area contributed by atoms with Crippen LogP contribution in [0.1, 0.15) is 45.4 Å². The third-order valence-corrected chi connectivity index (χ3v) is 5.21. The molecule has 1 aromatic rings. The zero-order valence-electron chi connectivity index (χ0n) is 14.8. The molecule has 1 rings (SSSR count). The molecule has 0 radical (unpaired) electrons. The van der Waals surface area contributed by atoms with E-state index in [1.807, 2.05) is 0 Å². The highest BCUT2D eigenvalue weighted by molar-refractivity contribution is 7.80. The first kappa shape index (κ1) is 24.9. The van der Waals surface area contributed by atoms with Gasteiger partial charge < -0.3 is 16.0 Å². The van der Waals surface area contributed by atoms with Crippen LogP contribution in [0.2, 0.25) is 10.0 Å². The summed E-state index contributed by atoms with van der Waals surface area (Å²) in [6, 6.07) is 4.93. The first-order valence-corrected chi connectivity index (χ1v) is 10.8. The number of alkyl halides is 3. The number of amides is 1. The van der Waals surface area contributed by atoms with Gasteiger partial charge in [0.1, 0.15) is 6.17 Å². The molecular formula is C17H22Cl5N3OS. The molecule has 0 spiro atoms. The second-order valence-corrected chi connectivity index (χ2v) is 9.53. The number of rotatable bonds is 9. The maximum Gasteiger partial charge on any atom is 0.228 e. The van der Waals surface area contributed by atoms with Gasteiger partial charge in [0.2, 0.25) is 9.70 Å². The topological polar surface area (TPSA) is 53.2 Å². The van der Waals surface area contributed by atoms with E-state index in [1.54, 1.807) is 18.2 Å². The number of nitrogens with one attached hydrogen (secondary N) is 3. The number of carbonyl (C=O) groups excluding carboxylic acids is 1. The minimum absolute atomic E-state index is 0.160. The van der Waals surface area contributed by atoms with Crippen LogP contribution in [0.4, 0.5) is 5.69 Å². The summed E-state index contributed by atoms with van der Waals surface area (Å²) in [4.78, 5) is 12.1. The normalized spacial score (nSPS) is 12.4. The third kappa shape index (κ3) is 10.2. The highest BCUT2D eigenvalue weighted by Crippen LogP contribution is 2.29. The number of unbranched alkanes of at least 4 members (excludes halogenated alkanes) is 4. The molecule has 1 unspecified atom stereocenters. The summed E-state index contributed by atoms with van der Waals surface area (Å²) in [6.07, 6.45) is 4.55. The molecule has 0 saturated carbocycles. The van der Waals surface area contributed by atoms with E-state index in [4.69, 9.17) is 70.2 Å². The second-order valence-electron chi connectivity index (χ2n) is 5.93. The zero-order chi connectivity index (χ0) is 20.4. The number of hydrogen-bond acceptors (Lipinski definition) is 2. The third-order valence-electron chi connectivity index (χ3n) is 3.59. The average Bonchev–Trinajstić information content (AvgIpc) is 2.56. The van der Waals surface area contributed by atoms with Gasteiger partial charge in [-0.15, -0.1) is 0 Å². The number of hydrogen-bond donors (Lipinski definition) is 3. The molecule has 0 heterocycles. The van der Waals surface area contributed by atoms with Gasteiger partial charge in [0.15, 0.2) is 5.11 Å². The molecule has 0 aliphatic heterocycles. The Labute approximate surface area is 190 Å². The number of halogens is 5. The van der Waals surface area contributed by atoms with Gasteiger partial charge in [-0.25, -0.2) is 0 Å². The predicted molar refractivity (Wildman–Crippen MR) is 121 cm³/mol. The summed E-state index contributed by atoms with van der Waals surface area (Å²) >= 11 is 35.0. The van der Waals surface area contributed by atoms with Crippen molar-refractivity contribution in [1.29, 1.82) is 0 Å². The number of anilines is 1. The van der Waals surface area contributed by atoms with Crippen LogP contribution in [0.3, 0.4) is 0 Å². The molecule has 0 bridgehead atoms. The smallest absolute Gasteiger partial charge is 0.228 e. The van der Waals surface area contributed by atoms with Gasteiger partial charge >= 0.3 is 0 Å². The molecule has 1 amide bonds. The number of benzene rings is 1. The summed E-state index contributed by atoms with van der Waals surface area (Å²) in [7, 11) is 0. The summed E-state index contributed by atoms with van der Waals surface area (Å²) in [5, 5.41) is 9.32. The number of carbonyl (C=O) groups is 1. The minimum atomic E-state index is -1.79. The molecule has 27 heavy (non-hydrogen) atoms. The van der Waals surface area contributed by atoms with Crippen molar-refractivity contribution >= 4 is 86.9 Å². The summed E-state index contributed by atoms with van der Waals surface area (Å²) in [5.74, 6) is -0.215. The van der Waals surface area contributed by atoms with E-state index in [2.05, 4.69) is 22.9 Å². The van der Waals surface area contributed by atoms with Gasteiger partial charge in [0.25, 0.3) is 0 Å². The molecule has 0 aliphatic rings. The van der Waals surface area contributed by atoms with E-state index in [9.17, 15) is 4.79 Å². The van der Waals surface area contributed by atoms with Crippen LogP contribution in [-0.4, -0.2) is 21.0 Å². The Hall–Kier alpha value is -0.170. The Morgan fingerprint density at radius 1 is 1.07 bits per heavy atom. The Kier molecular flexibility index (Phi) is 11.4. The summed E-state index contributed by atoms with van der Waals surface area (Å²) in [6.45, 7) is 2.14. The lowest BCUT2D eigenvalue weighted by atomic mass is 10.1. The molecular weight excluding hydrogens is 472 g/mol. The van der Waals surface area contributed by atoms with E-state index in [0.717, 1.165) is 32.1 Å². The molecule has 152 valence electrons. The Morgan fingerprint density at radius 2 is 1.74 bits per heavy atom. The van der Waals surface area contributed by atoms with Gasteiger partial charge in [-0.1, -0.05) is 90.6 Å². The van der Waals surface area contributed by atoms with Crippen molar-refractivity contribution in [2.24, 2.45) is 0 Å². The standard InChI is InChI=1S/C17H22Cl5N3OS/c1-2-3-4-5-6-7-14(26)24-15(17(20,21)22)25-16(27)23-11-8-9-12(18)13(19)10-11/h8-10,15H,2-7H2,1H3,(H,24,26)(H2,23,25,27). The SMILES string of the molecule is CCCCCCCC(=O)NC(NC(=S)Nc1ccc(Cl)c(Cl)c1)C(Cl)(Cl)Cl. The molecule has 0 saturated heterocycles. The first-order valence-electron chi connectivity index (χ1n) is 8.52.